The Hall–Kier alpha value is -3.91. The number of hydrogen-bond donors (Lipinski definition) is 2. The van der Waals surface area contributed by atoms with Crippen molar-refractivity contribution in [3.63, 3.8) is 0 Å². The van der Waals surface area contributed by atoms with E-state index in [1.165, 1.54) is 5.56 Å². The molecule has 0 bridgehead atoms. The van der Waals surface area contributed by atoms with Crippen LogP contribution in [0, 0.1) is 0 Å². The van der Waals surface area contributed by atoms with Crippen LogP contribution in [0.25, 0.3) is 11.0 Å². The average molecular weight is 545 g/mol. The molecule has 3 heterocycles. The van der Waals surface area contributed by atoms with Gasteiger partial charge in [0.25, 0.3) is 5.91 Å². The fraction of sp³-hybridized carbons (Fsp3) is 0.406. The lowest BCUT2D eigenvalue weighted by Crippen LogP contribution is -2.46. The number of imidazole rings is 1. The second-order valence-corrected chi connectivity index (χ2v) is 12.0. The maximum absolute atomic E-state index is 12.9. The molecule has 1 aliphatic heterocycles. The van der Waals surface area contributed by atoms with E-state index in [4.69, 9.17) is 9.72 Å². The van der Waals surface area contributed by atoms with Gasteiger partial charge in [0.15, 0.2) is 0 Å². The van der Waals surface area contributed by atoms with Crippen molar-refractivity contribution in [2.45, 2.75) is 65.0 Å². The van der Waals surface area contributed by atoms with Gasteiger partial charge in [0.2, 0.25) is 5.95 Å². The third-order valence-electron chi connectivity index (χ3n) is 7.63. The zero-order chi connectivity index (χ0) is 28.4. The maximum atomic E-state index is 12.9. The average Bonchev–Trinajstić information content (AvgIpc) is 3.22. The van der Waals surface area contributed by atoms with Crippen LogP contribution in [0.5, 0.6) is 11.5 Å². The van der Waals surface area contributed by atoms with E-state index in [-0.39, 0.29) is 20.2 Å². The standard InChI is InChI=1S/C32H40N6O2.2H2/c1-21(2)38-16-13-23(14-17-38)34-30(39)28-20-26(12-15-33-28)40-25-10-11-29-27(19-25)36-31(37(29)6)35-24-9-7-8-22(18-24)32(3,4)5;;/h7-12,15,18-21,23H,13-14,16-17H2,1-6H3,(H,34,39)(H,35,36);2*1H. The molecule has 214 valence electrons. The first-order valence-electron chi connectivity index (χ1n) is 14.1. The number of carbonyl (C=O) groups is 1. The summed E-state index contributed by atoms with van der Waals surface area (Å²) in [6.45, 7) is 13.0. The normalized spacial score (nSPS) is 15.0. The van der Waals surface area contributed by atoms with Crippen molar-refractivity contribution in [3.8, 4) is 11.5 Å². The van der Waals surface area contributed by atoms with E-state index in [1.807, 2.05) is 29.8 Å². The number of nitrogens with zero attached hydrogens (tertiary/aromatic N) is 4. The third kappa shape index (κ3) is 6.28. The van der Waals surface area contributed by atoms with Crippen molar-refractivity contribution in [3.05, 3.63) is 72.1 Å². The fourth-order valence-corrected chi connectivity index (χ4v) is 5.10. The number of carbonyl (C=O) groups excluding carboxylic acids is 1. The number of aryl methyl sites for hydroxylation is 1. The van der Waals surface area contributed by atoms with Gasteiger partial charge in [-0.15, -0.1) is 0 Å². The maximum Gasteiger partial charge on any atom is 0.270 e. The number of nitrogens with one attached hydrogen (secondary N) is 2. The molecular formula is C32H44N6O2. The molecule has 4 aromatic rings. The van der Waals surface area contributed by atoms with Crippen LogP contribution in [0.3, 0.4) is 0 Å². The fourth-order valence-electron chi connectivity index (χ4n) is 5.10. The van der Waals surface area contributed by atoms with Gasteiger partial charge >= 0.3 is 0 Å². The highest BCUT2D eigenvalue weighted by Gasteiger charge is 2.23. The Bertz CT molecular complexity index is 1510. The molecule has 1 saturated heterocycles. The largest absolute Gasteiger partial charge is 0.457 e. The lowest BCUT2D eigenvalue weighted by molar-refractivity contribution is 0.0895. The lowest BCUT2D eigenvalue weighted by Gasteiger charge is -2.34. The predicted octanol–water partition coefficient (Wildman–Crippen LogP) is 6.90. The number of ether oxygens (including phenoxy) is 1. The summed E-state index contributed by atoms with van der Waals surface area (Å²) in [6, 6.07) is 18.4. The third-order valence-corrected chi connectivity index (χ3v) is 7.63. The Morgan fingerprint density at radius 1 is 1.05 bits per heavy atom. The van der Waals surface area contributed by atoms with Gasteiger partial charge in [-0.1, -0.05) is 32.9 Å². The lowest BCUT2D eigenvalue weighted by atomic mass is 9.87. The number of hydrogen-bond acceptors (Lipinski definition) is 6. The van der Waals surface area contributed by atoms with Crippen molar-refractivity contribution in [1.29, 1.82) is 0 Å². The van der Waals surface area contributed by atoms with E-state index in [0.29, 0.717) is 23.2 Å². The first-order valence-corrected chi connectivity index (χ1v) is 14.1. The van der Waals surface area contributed by atoms with Crippen LogP contribution < -0.4 is 15.4 Å². The molecule has 0 spiro atoms. The minimum Gasteiger partial charge on any atom is -0.457 e. The van der Waals surface area contributed by atoms with Crippen LogP contribution in [0.4, 0.5) is 11.6 Å². The highest BCUT2D eigenvalue weighted by atomic mass is 16.5. The zero-order valence-electron chi connectivity index (χ0n) is 24.4. The second-order valence-electron chi connectivity index (χ2n) is 12.0. The molecule has 1 aliphatic rings. The van der Waals surface area contributed by atoms with E-state index >= 15 is 0 Å². The molecule has 1 amide bonds. The molecular weight excluding hydrogens is 500 g/mol. The highest BCUT2D eigenvalue weighted by molar-refractivity contribution is 5.92. The Balaban J connectivity index is 0.00000242. The van der Waals surface area contributed by atoms with Crippen LogP contribution in [0.15, 0.2) is 60.8 Å². The van der Waals surface area contributed by atoms with Crippen LogP contribution >= 0.6 is 0 Å². The highest BCUT2D eigenvalue weighted by Crippen LogP contribution is 2.30. The quantitative estimate of drug-likeness (QED) is 0.263. The number of pyridine rings is 1. The summed E-state index contributed by atoms with van der Waals surface area (Å²) in [5, 5.41) is 6.61. The summed E-state index contributed by atoms with van der Waals surface area (Å²) in [5.74, 6) is 1.79. The van der Waals surface area contributed by atoms with Crippen molar-refractivity contribution in [1.82, 2.24) is 24.8 Å². The minimum absolute atomic E-state index is 0. The van der Waals surface area contributed by atoms with E-state index in [0.717, 1.165) is 48.6 Å². The molecule has 0 radical (unpaired) electrons. The van der Waals surface area contributed by atoms with Crippen molar-refractivity contribution in [2.75, 3.05) is 18.4 Å². The molecule has 0 atom stereocenters. The van der Waals surface area contributed by atoms with Crippen LogP contribution in [0.1, 0.15) is 66.4 Å². The Labute approximate surface area is 239 Å². The summed E-state index contributed by atoms with van der Waals surface area (Å²) < 4.78 is 8.16. The monoisotopic (exact) mass is 544 g/mol. The summed E-state index contributed by atoms with van der Waals surface area (Å²) in [7, 11) is 1.99. The molecule has 5 rings (SSSR count). The summed E-state index contributed by atoms with van der Waals surface area (Å²) >= 11 is 0. The molecule has 0 aliphatic carbocycles. The Kier molecular flexibility index (Phi) is 7.81. The molecule has 2 aromatic carbocycles. The van der Waals surface area contributed by atoms with Crippen molar-refractivity contribution < 1.29 is 12.4 Å². The summed E-state index contributed by atoms with van der Waals surface area (Å²) in [4.78, 5) is 24.5. The van der Waals surface area contributed by atoms with E-state index in [2.05, 4.69) is 79.4 Å². The number of piperidine rings is 1. The molecule has 2 N–H and O–H groups in total. The number of likely N-dealkylation sites (tertiary alicyclic amines) is 1. The van der Waals surface area contributed by atoms with Gasteiger partial charge in [0.05, 0.1) is 11.0 Å². The van der Waals surface area contributed by atoms with E-state index in [1.54, 1.807) is 18.3 Å². The molecule has 0 unspecified atom stereocenters. The van der Waals surface area contributed by atoms with Gasteiger partial charge in [-0.2, -0.15) is 0 Å². The number of aromatic nitrogens is 3. The molecule has 8 nitrogen and oxygen atoms in total. The van der Waals surface area contributed by atoms with E-state index < -0.39 is 0 Å². The van der Waals surface area contributed by atoms with Gasteiger partial charge in [-0.05, 0) is 68.0 Å². The first-order chi connectivity index (χ1) is 19.1. The molecule has 0 saturated carbocycles. The van der Waals surface area contributed by atoms with Gasteiger partial charge < -0.3 is 24.8 Å². The van der Waals surface area contributed by atoms with Crippen molar-refractivity contribution in [2.24, 2.45) is 7.05 Å². The Morgan fingerprint density at radius 3 is 2.52 bits per heavy atom. The van der Waals surface area contributed by atoms with Gasteiger partial charge in [0.1, 0.15) is 17.2 Å². The van der Waals surface area contributed by atoms with Crippen LogP contribution in [0.2, 0.25) is 0 Å². The number of fused-ring (bicyclic) bond motifs is 1. The topological polar surface area (TPSA) is 84.3 Å². The van der Waals surface area contributed by atoms with Crippen LogP contribution in [-0.2, 0) is 12.5 Å². The van der Waals surface area contributed by atoms with E-state index in [9.17, 15) is 4.79 Å². The molecule has 1 fully saturated rings. The van der Waals surface area contributed by atoms with Crippen molar-refractivity contribution >= 4 is 28.6 Å². The number of rotatable bonds is 7. The van der Waals surface area contributed by atoms with Crippen LogP contribution in [-0.4, -0.2) is 50.5 Å². The summed E-state index contributed by atoms with van der Waals surface area (Å²) in [5.41, 5.74) is 4.47. The van der Waals surface area contributed by atoms with Gasteiger partial charge in [-0.25, -0.2) is 4.98 Å². The number of benzene rings is 2. The first kappa shape index (κ1) is 27.6. The molecule has 40 heavy (non-hydrogen) atoms. The molecule has 8 heteroatoms. The number of anilines is 2. The minimum atomic E-state index is -0.167. The number of amides is 1. The SMILES string of the molecule is CC(C)N1CCC(NC(=O)c2cc(Oc3ccc4c(c3)nc(Nc3cccc(C(C)(C)C)c3)n4C)ccn2)CC1.[HH].[HH]. The van der Waals surface area contributed by atoms with Gasteiger partial charge in [0, 0.05) is 59.1 Å². The second kappa shape index (κ2) is 11.3. The summed E-state index contributed by atoms with van der Waals surface area (Å²) in [6.07, 6.45) is 3.50. The Morgan fingerprint density at radius 2 is 1.80 bits per heavy atom. The molecule has 2 aromatic heterocycles. The zero-order valence-corrected chi connectivity index (χ0v) is 24.4. The predicted molar refractivity (Wildman–Crippen MR) is 165 cm³/mol. The smallest absolute Gasteiger partial charge is 0.270 e. The van der Waals surface area contributed by atoms with Gasteiger partial charge in [-0.3, -0.25) is 9.78 Å².